The van der Waals surface area contributed by atoms with Crippen molar-refractivity contribution in [2.24, 2.45) is 11.7 Å². The van der Waals surface area contributed by atoms with Crippen LogP contribution in [0.3, 0.4) is 0 Å². The molecular weight excluding hydrogens is 552 g/mol. The molecule has 2 atom stereocenters. The summed E-state index contributed by atoms with van der Waals surface area (Å²) in [7, 11) is -4.02. The van der Waals surface area contributed by atoms with Gasteiger partial charge >= 0.3 is 0 Å². The summed E-state index contributed by atoms with van der Waals surface area (Å²) in [6.45, 7) is 3.03. The number of halogens is 1. The smallest absolute Gasteiger partial charge is 0.241 e. The fraction of sp³-hybridized carbons (Fsp3) is 0.321. The summed E-state index contributed by atoms with van der Waals surface area (Å²) in [5.41, 5.74) is 6.97. The number of piperidine rings is 1. The Morgan fingerprint density at radius 1 is 1.07 bits per heavy atom. The molecule has 1 fully saturated rings. The zero-order valence-electron chi connectivity index (χ0n) is 22.2. The second-order valence-electron chi connectivity index (χ2n) is 9.85. The number of guanidine groups is 1. The van der Waals surface area contributed by atoms with E-state index in [0.717, 1.165) is 29.2 Å². The average Bonchev–Trinajstić information content (AvgIpc) is 2.92. The molecule has 40 heavy (non-hydrogen) atoms. The molecule has 1 saturated heterocycles. The Labute approximate surface area is 240 Å². The molecule has 12 heteroatoms. The van der Waals surface area contributed by atoms with Gasteiger partial charge in [-0.3, -0.25) is 15.0 Å². The molecule has 0 spiro atoms. The number of hydrogen-bond acceptors (Lipinski definition) is 5. The Morgan fingerprint density at radius 3 is 2.45 bits per heavy atom. The summed E-state index contributed by atoms with van der Waals surface area (Å²) < 4.78 is 29.4. The van der Waals surface area contributed by atoms with Gasteiger partial charge in [0.05, 0.1) is 4.90 Å². The van der Waals surface area contributed by atoms with E-state index in [1.165, 1.54) is 13.0 Å². The van der Waals surface area contributed by atoms with E-state index in [0.29, 0.717) is 25.3 Å². The van der Waals surface area contributed by atoms with E-state index >= 15 is 0 Å². The summed E-state index contributed by atoms with van der Waals surface area (Å²) in [6.07, 6.45) is 1.85. The van der Waals surface area contributed by atoms with Crippen LogP contribution in [-0.4, -0.2) is 56.8 Å². The summed E-state index contributed by atoms with van der Waals surface area (Å²) in [6, 6.07) is 18.2. The summed E-state index contributed by atoms with van der Waals surface area (Å²) >= 11 is 0. The number of fused-ring (bicyclic) bond motifs is 1. The maximum atomic E-state index is 13.4. The minimum atomic E-state index is -4.02. The highest BCUT2D eigenvalue weighted by atomic mass is 35.5. The van der Waals surface area contributed by atoms with E-state index < -0.39 is 22.0 Å². The van der Waals surface area contributed by atoms with Crippen LogP contribution in [0.15, 0.2) is 71.6 Å². The molecule has 4 rings (SSSR count). The number of likely N-dealkylation sites (tertiary alicyclic amines) is 1. The van der Waals surface area contributed by atoms with Crippen LogP contribution in [-0.2, 0) is 26.0 Å². The van der Waals surface area contributed by atoms with E-state index in [1.807, 2.05) is 24.3 Å². The van der Waals surface area contributed by atoms with E-state index in [4.69, 9.17) is 11.1 Å². The summed E-state index contributed by atoms with van der Waals surface area (Å²) in [5, 5.41) is 15.0. The van der Waals surface area contributed by atoms with Crippen LogP contribution in [0.2, 0.25) is 0 Å². The zero-order chi connectivity index (χ0) is 28.0. The topological polar surface area (TPSA) is 157 Å². The lowest BCUT2D eigenvalue weighted by Crippen LogP contribution is -2.51. The number of rotatable bonds is 9. The number of nitrogens with two attached hydrogens (primary N) is 1. The number of benzene rings is 3. The van der Waals surface area contributed by atoms with Gasteiger partial charge in [-0.25, -0.2) is 8.42 Å². The van der Waals surface area contributed by atoms with E-state index in [9.17, 15) is 18.0 Å². The Balaban J connectivity index is 0.00000441. The molecule has 1 heterocycles. The van der Waals surface area contributed by atoms with Crippen molar-refractivity contribution in [3.05, 3.63) is 72.3 Å². The monoisotopic (exact) mass is 586 g/mol. The minimum Gasteiger partial charge on any atom is -0.370 e. The molecule has 214 valence electrons. The number of anilines is 1. The van der Waals surface area contributed by atoms with Crippen LogP contribution in [0.5, 0.6) is 0 Å². The fourth-order valence-corrected chi connectivity index (χ4v) is 5.99. The van der Waals surface area contributed by atoms with Crippen molar-refractivity contribution >= 4 is 56.7 Å². The summed E-state index contributed by atoms with van der Waals surface area (Å²) in [5.74, 6) is -0.532. The third-order valence-electron chi connectivity index (χ3n) is 6.78. The van der Waals surface area contributed by atoms with Crippen LogP contribution < -0.4 is 21.1 Å². The van der Waals surface area contributed by atoms with Crippen molar-refractivity contribution in [2.75, 3.05) is 25.0 Å². The van der Waals surface area contributed by atoms with Crippen LogP contribution in [0.4, 0.5) is 5.69 Å². The predicted octanol–water partition coefficient (Wildman–Crippen LogP) is 2.83. The van der Waals surface area contributed by atoms with Crippen LogP contribution in [0.25, 0.3) is 10.8 Å². The molecule has 3 aromatic carbocycles. The van der Waals surface area contributed by atoms with Crippen LogP contribution in [0, 0.1) is 11.3 Å². The standard InChI is InChI=1S/C28H34N6O4S.ClH/c1-19(35)32-24-11-8-20(9-12-24)15-26(27(36)31-17-21-5-4-14-34(18-21)28(29)30)33-39(37,38)25-13-10-22-6-2-3-7-23(22)16-25;/h2-3,6-13,16,21,26,33H,4-5,14-15,17-18H2,1H3,(H3,29,30)(H,31,36)(H,32,35);1H/t21?,26-;/m1./s1. The van der Waals surface area contributed by atoms with E-state index in [1.54, 1.807) is 41.3 Å². The van der Waals surface area contributed by atoms with Gasteiger partial charge in [0.2, 0.25) is 21.8 Å². The maximum Gasteiger partial charge on any atom is 0.241 e. The van der Waals surface area contributed by atoms with E-state index in [-0.39, 0.29) is 41.5 Å². The van der Waals surface area contributed by atoms with Gasteiger partial charge in [-0.2, -0.15) is 4.72 Å². The minimum absolute atomic E-state index is 0. The van der Waals surface area contributed by atoms with Crippen molar-refractivity contribution in [3.63, 3.8) is 0 Å². The highest BCUT2D eigenvalue weighted by Crippen LogP contribution is 2.20. The van der Waals surface area contributed by atoms with Gasteiger partial charge in [0.15, 0.2) is 5.96 Å². The van der Waals surface area contributed by atoms with E-state index in [2.05, 4.69) is 15.4 Å². The number of nitrogens with zero attached hydrogens (tertiary/aromatic N) is 1. The third-order valence-corrected chi connectivity index (χ3v) is 8.25. The Morgan fingerprint density at radius 2 is 1.77 bits per heavy atom. The molecule has 0 bridgehead atoms. The Hall–Kier alpha value is -3.67. The fourth-order valence-electron chi connectivity index (χ4n) is 4.76. The highest BCUT2D eigenvalue weighted by Gasteiger charge is 2.28. The second kappa shape index (κ2) is 13.6. The second-order valence-corrected chi connectivity index (χ2v) is 11.6. The number of nitrogens with one attached hydrogen (secondary N) is 4. The first-order chi connectivity index (χ1) is 18.6. The molecule has 1 aliphatic heterocycles. The van der Waals surface area contributed by atoms with Crippen LogP contribution in [0.1, 0.15) is 25.3 Å². The Kier molecular flexibility index (Phi) is 10.5. The SMILES string of the molecule is CC(=O)Nc1ccc(C[C@@H](NS(=O)(=O)c2ccc3ccccc3c2)C(=O)NCC2CCCN(C(=N)N)C2)cc1.Cl. The number of carbonyl (C=O) groups excluding carboxylic acids is 2. The first-order valence-electron chi connectivity index (χ1n) is 12.8. The Bertz CT molecular complexity index is 1470. The lowest BCUT2D eigenvalue weighted by molar-refractivity contribution is -0.123. The molecule has 0 aromatic heterocycles. The van der Waals surface area contributed by atoms with Gasteiger partial charge in [0, 0.05) is 32.2 Å². The lowest BCUT2D eigenvalue weighted by atomic mass is 9.98. The molecule has 0 saturated carbocycles. The molecular formula is C28H35ClN6O4S. The number of amides is 2. The average molecular weight is 587 g/mol. The largest absolute Gasteiger partial charge is 0.370 e. The van der Waals surface area contributed by atoms with Gasteiger partial charge in [-0.1, -0.05) is 42.5 Å². The van der Waals surface area contributed by atoms with Crippen molar-refractivity contribution in [1.82, 2.24) is 14.9 Å². The molecule has 0 aliphatic carbocycles. The van der Waals surface area contributed by atoms with Crippen molar-refractivity contribution < 1.29 is 18.0 Å². The third kappa shape index (κ3) is 8.17. The highest BCUT2D eigenvalue weighted by molar-refractivity contribution is 7.89. The quantitative estimate of drug-likeness (QED) is 0.192. The molecule has 10 nitrogen and oxygen atoms in total. The number of hydrogen-bond donors (Lipinski definition) is 5. The molecule has 1 unspecified atom stereocenters. The van der Waals surface area contributed by atoms with Crippen molar-refractivity contribution in [1.29, 1.82) is 5.41 Å². The van der Waals surface area contributed by atoms with Gasteiger partial charge in [-0.15, -0.1) is 12.4 Å². The number of sulfonamides is 1. The lowest BCUT2D eigenvalue weighted by Gasteiger charge is -2.33. The molecule has 3 aromatic rings. The molecule has 2 amide bonds. The predicted molar refractivity (Wildman–Crippen MR) is 159 cm³/mol. The van der Waals surface area contributed by atoms with Gasteiger partial charge in [-0.05, 0) is 65.8 Å². The van der Waals surface area contributed by atoms with Crippen molar-refractivity contribution in [3.8, 4) is 0 Å². The normalized spacial score (nSPS) is 16.0. The maximum absolute atomic E-state index is 13.4. The zero-order valence-corrected chi connectivity index (χ0v) is 23.9. The molecule has 0 radical (unpaired) electrons. The van der Waals surface area contributed by atoms with Crippen LogP contribution >= 0.6 is 12.4 Å². The molecule has 1 aliphatic rings. The van der Waals surface area contributed by atoms with Crippen molar-refractivity contribution in [2.45, 2.75) is 37.1 Å². The molecule has 6 N–H and O–H groups in total. The first kappa shape index (κ1) is 30.9. The first-order valence-corrected chi connectivity index (χ1v) is 14.3. The summed E-state index contributed by atoms with van der Waals surface area (Å²) in [4.78, 5) is 26.5. The van der Waals surface area contributed by atoms with Gasteiger partial charge in [0.1, 0.15) is 6.04 Å². The van der Waals surface area contributed by atoms with Gasteiger partial charge in [0.25, 0.3) is 0 Å². The van der Waals surface area contributed by atoms with Gasteiger partial charge < -0.3 is 21.3 Å². The number of carbonyl (C=O) groups is 2.